The second-order valence-corrected chi connectivity index (χ2v) is 5.23. The average Bonchev–Trinajstić information content (AvgIpc) is 2.58. The fourth-order valence-electron chi connectivity index (χ4n) is 2.30. The minimum atomic E-state index is -0.414. The Balaban J connectivity index is 1.85. The quantitative estimate of drug-likeness (QED) is 0.423. The molecule has 4 nitrogen and oxygen atoms in total. The van der Waals surface area contributed by atoms with Crippen molar-refractivity contribution in [2.24, 2.45) is 0 Å². The zero-order valence-electron chi connectivity index (χ0n) is 12.8. The van der Waals surface area contributed by atoms with Crippen LogP contribution in [0.25, 0.3) is 0 Å². The van der Waals surface area contributed by atoms with E-state index in [-0.39, 0.29) is 0 Å². The first kappa shape index (κ1) is 14.9. The van der Waals surface area contributed by atoms with Crippen molar-refractivity contribution in [3.8, 4) is 5.75 Å². The lowest BCUT2D eigenvalue weighted by molar-refractivity contribution is -0.691. The molecule has 0 amide bonds. The molecule has 4 heteroatoms. The third kappa shape index (κ3) is 3.61. The highest BCUT2D eigenvalue weighted by Crippen LogP contribution is 2.17. The maximum Gasteiger partial charge on any atom is 0.410 e. The average molecular weight is 305 g/mol. The normalized spacial score (nSPS) is 10.3. The Hall–Kier alpha value is -3.01. The van der Waals surface area contributed by atoms with E-state index in [0.29, 0.717) is 18.0 Å². The summed E-state index contributed by atoms with van der Waals surface area (Å²) < 4.78 is 7.35. The fraction of sp³-hybridized carbons (Fsp3) is 0.105. The topological polar surface area (TPSA) is 43.1 Å². The SMILES string of the molecule is Cc1ccccc1OC(=O)c1cncc[n+]1Cc1ccccc1. The molecule has 0 fully saturated rings. The molecule has 1 heterocycles. The number of hydrogen-bond acceptors (Lipinski definition) is 3. The monoisotopic (exact) mass is 305 g/mol. The highest BCUT2D eigenvalue weighted by Gasteiger charge is 2.22. The van der Waals surface area contributed by atoms with Gasteiger partial charge in [0.05, 0.1) is 6.20 Å². The van der Waals surface area contributed by atoms with Gasteiger partial charge in [-0.1, -0.05) is 48.5 Å². The Labute approximate surface area is 135 Å². The third-order valence-corrected chi connectivity index (χ3v) is 3.54. The Morgan fingerprint density at radius 2 is 1.83 bits per heavy atom. The van der Waals surface area contributed by atoms with Crippen LogP contribution in [-0.4, -0.2) is 11.0 Å². The van der Waals surface area contributed by atoms with E-state index in [1.54, 1.807) is 18.5 Å². The lowest BCUT2D eigenvalue weighted by Crippen LogP contribution is -2.42. The van der Waals surface area contributed by atoms with Crippen LogP contribution >= 0.6 is 0 Å². The standard InChI is InChI=1S/C19H17N2O2/c1-15-7-5-6-10-18(15)23-19(22)17-13-20-11-12-21(17)14-16-8-3-2-4-9-16/h2-13H,14H2,1H3/q+1. The maximum absolute atomic E-state index is 12.5. The highest BCUT2D eigenvalue weighted by molar-refractivity contribution is 5.87. The molecule has 0 aliphatic heterocycles. The summed E-state index contributed by atoms with van der Waals surface area (Å²) >= 11 is 0. The molecule has 0 saturated heterocycles. The van der Waals surface area contributed by atoms with E-state index < -0.39 is 5.97 Å². The number of para-hydroxylation sites is 1. The van der Waals surface area contributed by atoms with Crippen LogP contribution in [0.15, 0.2) is 73.2 Å². The maximum atomic E-state index is 12.5. The van der Waals surface area contributed by atoms with Crippen LogP contribution in [0.5, 0.6) is 5.75 Å². The van der Waals surface area contributed by atoms with Crippen molar-refractivity contribution in [2.75, 3.05) is 0 Å². The Bertz CT molecular complexity index is 816. The van der Waals surface area contributed by atoms with Gasteiger partial charge in [-0.05, 0) is 18.6 Å². The van der Waals surface area contributed by atoms with Gasteiger partial charge in [-0.2, -0.15) is 4.57 Å². The predicted molar refractivity (Wildman–Crippen MR) is 86.1 cm³/mol. The smallest absolute Gasteiger partial charge is 0.410 e. The Morgan fingerprint density at radius 3 is 2.61 bits per heavy atom. The third-order valence-electron chi connectivity index (χ3n) is 3.54. The predicted octanol–water partition coefficient (Wildman–Crippen LogP) is 2.95. The summed E-state index contributed by atoms with van der Waals surface area (Å²) in [5.74, 6) is 0.149. The van der Waals surface area contributed by atoms with Gasteiger partial charge in [0.2, 0.25) is 0 Å². The van der Waals surface area contributed by atoms with Crippen LogP contribution in [-0.2, 0) is 6.54 Å². The lowest BCUT2D eigenvalue weighted by atomic mass is 10.2. The van der Waals surface area contributed by atoms with Crippen LogP contribution in [0, 0.1) is 6.92 Å². The number of nitrogens with zero attached hydrogens (tertiary/aromatic N) is 2. The van der Waals surface area contributed by atoms with Crippen molar-refractivity contribution in [2.45, 2.75) is 13.5 Å². The van der Waals surface area contributed by atoms with E-state index in [1.165, 1.54) is 6.20 Å². The molecule has 0 N–H and O–H groups in total. The zero-order valence-corrected chi connectivity index (χ0v) is 12.8. The first-order valence-corrected chi connectivity index (χ1v) is 7.39. The van der Waals surface area contributed by atoms with Gasteiger partial charge < -0.3 is 4.74 Å². The number of hydrogen-bond donors (Lipinski definition) is 0. The number of ether oxygens (including phenoxy) is 1. The number of carbonyl (C=O) groups is 1. The van der Waals surface area contributed by atoms with Crippen LogP contribution in [0.2, 0.25) is 0 Å². The van der Waals surface area contributed by atoms with Gasteiger partial charge in [0, 0.05) is 5.56 Å². The van der Waals surface area contributed by atoms with Crippen LogP contribution in [0.4, 0.5) is 0 Å². The number of benzene rings is 2. The van der Waals surface area contributed by atoms with Gasteiger partial charge in [-0.25, -0.2) is 4.79 Å². The van der Waals surface area contributed by atoms with Gasteiger partial charge >= 0.3 is 11.7 Å². The summed E-state index contributed by atoms with van der Waals surface area (Å²) in [6.45, 7) is 2.49. The van der Waals surface area contributed by atoms with E-state index in [9.17, 15) is 4.79 Å². The van der Waals surface area contributed by atoms with E-state index in [4.69, 9.17) is 4.74 Å². The van der Waals surface area contributed by atoms with Crippen LogP contribution in [0.1, 0.15) is 21.6 Å². The second-order valence-electron chi connectivity index (χ2n) is 5.23. The first-order valence-electron chi connectivity index (χ1n) is 7.39. The molecule has 2 aromatic carbocycles. The van der Waals surface area contributed by atoms with Gasteiger partial charge in [-0.15, -0.1) is 0 Å². The molecule has 3 aromatic rings. The van der Waals surface area contributed by atoms with Crippen LogP contribution in [0.3, 0.4) is 0 Å². The largest absolute Gasteiger partial charge is 0.418 e. The summed E-state index contributed by atoms with van der Waals surface area (Å²) in [6.07, 6.45) is 4.97. The molecular weight excluding hydrogens is 288 g/mol. The van der Waals surface area contributed by atoms with E-state index in [2.05, 4.69) is 4.98 Å². The van der Waals surface area contributed by atoms with Gasteiger partial charge in [0.25, 0.3) is 0 Å². The molecule has 0 atom stereocenters. The molecule has 0 spiro atoms. The molecule has 1 aromatic heterocycles. The van der Waals surface area contributed by atoms with Crippen molar-refractivity contribution in [1.29, 1.82) is 0 Å². The number of esters is 1. The molecule has 0 unspecified atom stereocenters. The number of rotatable bonds is 4. The van der Waals surface area contributed by atoms with Crippen molar-refractivity contribution in [3.05, 3.63) is 90.0 Å². The van der Waals surface area contributed by atoms with E-state index in [1.807, 2.05) is 60.0 Å². The van der Waals surface area contributed by atoms with Gasteiger partial charge in [0.15, 0.2) is 12.7 Å². The fourth-order valence-corrected chi connectivity index (χ4v) is 2.30. The summed E-state index contributed by atoms with van der Waals surface area (Å²) in [7, 11) is 0. The molecule has 3 rings (SSSR count). The zero-order chi connectivity index (χ0) is 16.1. The number of carbonyl (C=O) groups excluding carboxylic acids is 1. The van der Waals surface area contributed by atoms with E-state index in [0.717, 1.165) is 11.1 Å². The highest BCUT2D eigenvalue weighted by atomic mass is 16.5. The minimum absolute atomic E-state index is 0.414. The Kier molecular flexibility index (Phi) is 4.43. The van der Waals surface area contributed by atoms with Crippen molar-refractivity contribution in [1.82, 2.24) is 4.98 Å². The summed E-state index contributed by atoms with van der Waals surface area (Å²) in [5.41, 5.74) is 2.44. The lowest BCUT2D eigenvalue weighted by Gasteiger charge is -2.06. The molecule has 23 heavy (non-hydrogen) atoms. The molecule has 0 saturated carbocycles. The molecule has 0 radical (unpaired) electrons. The Morgan fingerprint density at radius 1 is 1.09 bits per heavy atom. The van der Waals surface area contributed by atoms with Crippen LogP contribution < -0.4 is 9.30 Å². The first-order chi connectivity index (χ1) is 11.2. The molecule has 114 valence electrons. The minimum Gasteiger partial charge on any atom is -0.418 e. The molecule has 0 bridgehead atoms. The van der Waals surface area contributed by atoms with Crippen molar-refractivity contribution in [3.63, 3.8) is 0 Å². The van der Waals surface area contributed by atoms with Gasteiger partial charge in [-0.3, -0.25) is 4.98 Å². The molecule has 0 aliphatic carbocycles. The summed E-state index contributed by atoms with van der Waals surface area (Å²) in [6, 6.07) is 17.4. The number of aryl methyl sites for hydroxylation is 1. The second kappa shape index (κ2) is 6.83. The van der Waals surface area contributed by atoms with Crippen molar-refractivity contribution < 1.29 is 14.1 Å². The molecule has 0 aliphatic rings. The van der Waals surface area contributed by atoms with E-state index >= 15 is 0 Å². The number of aromatic nitrogens is 2. The molecular formula is C19H17N2O2+. The van der Waals surface area contributed by atoms with Gasteiger partial charge in [0.1, 0.15) is 11.9 Å². The van der Waals surface area contributed by atoms with Crippen molar-refractivity contribution >= 4 is 5.97 Å². The summed E-state index contributed by atoms with van der Waals surface area (Å²) in [4.78, 5) is 16.5. The summed E-state index contributed by atoms with van der Waals surface area (Å²) in [5, 5.41) is 0.